The summed E-state index contributed by atoms with van der Waals surface area (Å²) in [5.41, 5.74) is 5.46. The van der Waals surface area contributed by atoms with Crippen molar-refractivity contribution in [3.05, 3.63) is 47.7 Å². The molecule has 0 saturated heterocycles. The van der Waals surface area contributed by atoms with Crippen LogP contribution < -0.4 is 5.48 Å². The summed E-state index contributed by atoms with van der Waals surface area (Å²) in [7, 11) is 0. The Kier molecular flexibility index (Phi) is 2.62. The van der Waals surface area contributed by atoms with Gasteiger partial charge >= 0.3 is 0 Å². The van der Waals surface area contributed by atoms with Crippen LogP contribution in [0, 0.1) is 0 Å². The van der Waals surface area contributed by atoms with E-state index in [-0.39, 0.29) is 0 Å². The highest BCUT2D eigenvalue weighted by Gasteiger charge is 2.09. The van der Waals surface area contributed by atoms with E-state index < -0.39 is 0 Å². The predicted molar refractivity (Wildman–Crippen MR) is 51.7 cm³/mol. The van der Waals surface area contributed by atoms with Gasteiger partial charge in [-0.15, -0.1) is 0 Å². The van der Waals surface area contributed by atoms with E-state index in [4.69, 9.17) is 4.84 Å². The first kappa shape index (κ1) is 8.32. The van der Waals surface area contributed by atoms with Crippen LogP contribution in [0.5, 0.6) is 0 Å². The van der Waals surface area contributed by atoms with Crippen LogP contribution in [0.15, 0.2) is 42.1 Å². The number of hydrogen-bond acceptors (Lipinski definition) is 2. The van der Waals surface area contributed by atoms with Gasteiger partial charge in [-0.3, -0.25) is 10.3 Å². The summed E-state index contributed by atoms with van der Waals surface area (Å²) in [4.78, 5) is 5.24. The third-order valence-electron chi connectivity index (χ3n) is 1.97. The monoisotopic (exact) mass is 175 g/mol. The number of hydroxylamine groups is 1. The quantitative estimate of drug-likeness (QED) is 0.560. The molecule has 2 heteroatoms. The van der Waals surface area contributed by atoms with E-state index in [2.05, 4.69) is 5.48 Å². The Morgan fingerprint density at radius 3 is 2.69 bits per heavy atom. The number of allylic oxidation sites excluding steroid dienone is 1. The van der Waals surface area contributed by atoms with Crippen molar-refractivity contribution in [3.63, 3.8) is 0 Å². The van der Waals surface area contributed by atoms with Crippen LogP contribution in [0.4, 0.5) is 0 Å². The standard InChI is InChI=1S/C11H13NO/c1-2-4-11(5-3-1)9-13-12-8-10-6-7-10/h1-5,8,12H,6-7,9H2. The Hall–Kier alpha value is -1.28. The molecule has 2 nitrogen and oxygen atoms in total. The molecule has 1 aliphatic carbocycles. The van der Waals surface area contributed by atoms with Gasteiger partial charge in [0.25, 0.3) is 0 Å². The Labute approximate surface area is 78.2 Å². The van der Waals surface area contributed by atoms with E-state index in [1.807, 2.05) is 36.5 Å². The van der Waals surface area contributed by atoms with Crippen LogP contribution in [0.2, 0.25) is 0 Å². The number of hydrogen-bond donors (Lipinski definition) is 1. The fraction of sp³-hybridized carbons (Fsp3) is 0.273. The molecule has 1 saturated carbocycles. The van der Waals surface area contributed by atoms with Crippen LogP contribution in [-0.2, 0) is 11.4 Å². The fourth-order valence-electron chi connectivity index (χ4n) is 1.04. The molecule has 0 amide bonds. The second-order valence-corrected chi connectivity index (χ2v) is 3.19. The number of rotatable bonds is 4. The average Bonchev–Trinajstić information content (AvgIpc) is 2.98. The summed E-state index contributed by atoms with van der Waals surface area (Å²) in [6.07, 6.45) is 4.40. The van der Waals surface area contributed by atoms with Crippen molar-refractivity contribution in [2.75, 3.05) is 0 Å². The molecule has 0 radical (unpaired) electrons. The first-order chi connectivity index (χ1) is 6.45. The minimum Gasteiger partial charge on any atom is -0.274 e. The SMILES string of the molecule is C(NOCc1ccccc1)=C1CC1. The Morgan fingerprint density at radius 2 is 2.00 bits per heavy atom. The largest absolute Gasteiger partial charge is 0.274 e. The first-order valence-electron chi connectivity index (χ1n) is 4.54. The van der Waals surface area contributed by atoms with Crippen LogP contribution >= 0.6 is 0 Å². The second-order valence-electron chi connectivity index (χ2n) is 3.19. The maximum Gasteiger partial charge on any atom is 0.0996 e. The Morgan fingerprint density at radius 1 is 1.23 bits per heavy atom. The van der Waals surface area contributed by atoms with Gasteiger partial charge in [-0.1, -0.05) is 35.9 Å². The summed E-state index contributed by atoms with van der Waals surface area (Å²) in [5, 5.41) is 0. The zero-order chi connectivity index (χ0) is 8.93. The lowest BCUT2D eigenvalue weighted by Gasteiger charge is -2.01. The van der Waals surface area contributed by atoms with Crippen molar-refractivity contribution in [3.8, 4) is 0 Å². The summed E-state index contributed by atoms with van der Waals surface area (Å²) < 4.78 is 0. The lowest BCUT2D eigenvalue weighted by Crippen LogP contribution is -2.05. The molecule has 68 valence electrons. The van der Waals surface area contributed by atoms with Gasteiger partial charge in [0.2, 0.25) is 0 Å². The molecule has 1 N–H and O–H groups in total. The van der Waals surface area contributed by atoms with E-state index in [1.165, 1.54) is 24.0 Å². The highest BCUT2D eigenvalue weighted by molar-refractivity contribution is 5.15. The molecule has 0 bridgehead atoms. The molecule has 1 aromatic rings. The molecule has 0 aromatic heterocycles. The Bertz CT molecular complexity index is 286. The molecular weight excluding hydrogens is 162 g/mol. The van der Waals surface area contributed by atoms with E-state index >= 15 is 0 Å². The minimum absolute atomic E-state index is 0.616. The summed E-state index contributed by atoms with van der Waals surface area (Å²) in [6, 6.07) is 10.1. The van der Waals surface area contributed by atoms with Crippen molar-refractivity contribution in [2.24, 2.45) is 0 Å². The van der Waals surface area contributed by atoms with Crippen LogP contribution in [0.1, 0.15) is 18.4 Å². The third-order valence-corrected chi connectivity index (χ3v) is 1.97. The molecular formula is C11H13NO. The van der Waals surface area contributed by atoms with Crippen molar-refractivity contribution < 1.29 is 4.84 Å². The normalized spacial score (nSPS) is 14.0. The highest BCUT2D eigenvalue weighted by Crippen LogP contribution is 2.26. The van der Waals surface area contributed by atoms with Crippen molar-refractivity contribution >= 4 is 0 Å². The zero-order valence-electron chi connectivity index (χ0n) is 7.49. The van der Waals surface area contributed by atoms with Crippen molar-refractivity contribution in [1.82, 2.24) is 5.48 Å². The maximum atomic E-state index is 5.24. The molecule has 0 spiro atoms. The minimum atomic E-state index is 0.616. The van der Waals surface area contributed by atoms with Crippen molar-refractivity contribution in [2.45, 2.75) is 19.4 Å². The second kappa shape index (κ2) is 4.10. The van der Waals surface area contributed by atoms with Gasteiger partial charge in [-0.05, 0) is 18.4 Å². The summed E-state index contributed by atoms with van der Waals surface area (Å²) >= 11 is 0. The molecule has 2 rings (SSSR count). The molecule has 0 unspecified atom stereocenters. The molecule has 1 fully saturated rings. The molecule has 0 heterocycles. The molecule has 13 heavy (non-hydrogen) atoms. The maximum absolute atomic E-state index is 5.24. The summed E-state index contributed by atoms with van der Waals surface area (Å²) in [5.74, 6) is 0. The number of nitrogens with one attached hydrogen (secondary N) is 1. The lowest BCUT2D eigenvalue weighted by atomic mass is 10.2. The Balaban J connectivity index is 1.70. The third kappa shape index (κ3) is 2.92. The van der Waals surface area contributed by atoms with Gasteiger partial charge in [-0.25, -0.2) is 0 Å². The fourth-order valence-corrected chi connectivity index (χ4v) is 1.04. The van der Waals surface area contributed by atoms with Gasteiger partial charge in [0, 0.05) is 6.20 Å². The average molecular weight is 175 g/mol. The van der Waals surface area contributed by atoms with E-state index in [1.54, 1.807) is 0 Å². The van der Waals surface area contributed by atoms with Gasteiger partial charge in [0.1, 0.15) is 0 Å². The molecule has 0 aliphatic heterocycles. The molecule has 1 aromatic carbocycles. The van der Waals surface area contributed by atoms with Gasteiger partial charge in [0.15, 0.2) is 0 Å². The van der Waals surface area contributed by atoms with Crippen molar-refractivity contribution in [1.29, 1.82) is 0 Å². The van der Waals surface area contributed by atoms with Crippen LogP contribution in [0.3, 0.4) is 0 Å². The van der Waals surface area contributed by atoms with Crippen LogP contribution in [0.25, 0.3) is 0 Å². The van der Waals surface area contributed by atoms with Gasteiger partial charge in [0.05, 0.1) is 6.61 Å². The van der Waals surface area contributed by atoms with Gasteiger partial charge < -0.3 is 0 Å². The van der Waals surface area contributed by atoms with E-state index in [0.717, 1.165) is 0 Å². The first-order valence-corrected chi connectivity index (χ1v) is 4.54. The summed E-state index contributed by atoms with van der Waals surface area (Å²) in [6.45, 7) is 0.616. The topological polar surface area (TPSA) is 21.3 Å². The smallest absolute Gasteiger partial charge is 0.0996 e. The number of benzene rings is 1. The highest BCUT2D eigenvalue weighted by atomic mass is 16.6. The zero-order valence-corrected chi connectivity index (χ0v) is 7.49. The predicted octanol–water partition coefficient (Wildman–Crippen LogP) is 2.39. The van der Waals surface area contributed by atoms with E-state index in [0.29, 0.717) is 6.61 Å². The molecule has 1 aliphatic rings. The molecule has 0 atom stereocenters. The lowest BCUT2D eigenvalue weighted by molar-refractivity contribution is 0.0573. The van der Waals surface area contributed by atoms with Gasteiger partial charge in [-0.2, -0.15) is 0 Å². The van der Waals surface area contributed by atoms with E-state index in [9.17, 15) is 0 Å². The van der Waals surface area contributed by atoms with Crippen LogP contribution in [-0.4, -0.2) is 0 Å².